The molecule has 0 heterocycles. The maximum absolute atomic E-state index is 6.01. The second kappa shape index (κ2) is 5.54. The van der Waals surface area contributed by atoms with Crippen molar-refractivity contribution in [1.29, 1.82) is 0 Å². The number of allylic oxidation sites excluding steroid dienone is 1. The number of hydrogen-bond donors (Lipinski definition) is 1. The van der Waals surface area contributed by atoms with E-state index >= 15 is 0 Å². The molecule has 1 atom stereocenters. The number of rotatable bonds is 4. The Hall–Kier alpha value is -2.02. The van der Waals surface area contributed by atoms with Gasteiger partial charge in [-0.05, 0) is 29.2 Å². The predicted octanol–water partition coefficient (Wildman–Crippen LogP) is 4.15. The van der Waals surface area contributed by atoms with E-state index in [0.29, 0.717) is 5.92 Å². The molecular weight excluding hydrogens is 218 g/mol. The molecular formula is C17H19N. The molecule has 0 saturated heterocycles. The molecule has 0 fully saturated rings. The van der Waals surface area contributed by atoms with Gasteiger partial charge in [-0.1, -0.05) is 55.5 Å². The summed E-state index contributed by atoms with van der Waals surface area (Å²) in [5.74, 6) is 0.292. The molecule has 0 amide bonds. The summed E-state index contributed by atoms with van der Waals surface area (Å²) in [6.45, 7) is 5.95. The molecule has 0 aromatic heterocycles. The summed E-state index contributed by atoms with van der Waals surface area (Å²) in [6, 6.07) is 16.8. The first-order chi connectivity index (χ1) is 8.70. The van der Waals surface area contributed by atoms with Crippen molar-refractivity contribution in [3.63, 3.8) is 0 Å². The average Bonchev–Trinajstić information content (AvgIpc) is 2.41. The number of anilines is 1. The van der Waals surface area contributed by atoms with Gasteiger partial charge in [0.2, 0.25) is 0 Å². The smallest absolute Gasteiger partial charge is 0.0352 e. The van der Waals surface area contributed by atoms with Crippen molar-refractivity contribution in [3.05, 3.63) is 77.9 Å². The Morgan fingerprint density at radius 3 is 2.50 bits per heavy atom. The van der Waals surface area contributed by atoms with Gasteiger partial charge in [0.05, 0.1) is 0 Å². The van der Waals surface area contributed by atoms with Crippen molar-refractivity contribution >= 4 is 5.69 Å². The van der Waals surface area contributed by atoms with Crippen LogP contribution < -0.4 is 5.73 Å². The standard InChI is InChI=1S/C17H19N/c1-3-13(2)16-12-15(9-10-17(16)18)11-14-7-5-4-6-8-14/h3-10,12-13H,1,11,18H2,2H3. The molecule has 1 heteroatoms. The van der Waals surface area contributed by atoms with Gasteiger partial charge < -0.3 is 5.73 Å². The van der Waals surface area contributed by atoms with Crippen molar-refractivity contribution in [3.8, 4) is 0 Å². The van der Waals surface area contributed by atoms with E-state index in [2.05, 4.69) is 49.9 Å². The predicted molar refractivity (Wildman–Crippen MR) is 78.7 cm³/mol. The fourth-order valence-electron chi connectivity index (χ4n) is 2.09. The van der Waals surface area contributed by atoms with E-state index in [1.807, 2.05) is 18.2 Å². The molecule has 0 spiro atoms. The monoisotopic (exact) mass is 237 g/mol. The first-order valence-electron chi connectivity index (χ1n) is 6.25. The average molecular weight is 237 g/mol. The molecule has 0 radical (unpaired) electrons. The van der Waals surface area contributed by atoms with Crippen LogP contribution in [0.25, 0.3) is 0 Å². The summed E-state index contributed by atoms with van der Waals surface area (Å²) in [7, 11) is 0. The number of nitrogens with two attached hydrogens (primary N) is 1. The fraction of sp³-hybridized carbons (Fsp3) is 0.176. The fourth-order valence-corrected chi connectivity index (χ4v) is 2.09. The zero-order valence-electron chi connectivity index (χ0n) is 10.8. The van der Waals surface area contributed by atoms with Gasteiger partial charge in [-0.3, -0.25) is 0 Å². The van der Waals surface area contributed by atoms with E-state index in [1.165, 1.54) is 16.7 Å². The van der Waals surface area contributed by atoms with E-state index in [4.69, 9.17) is 5.73 Å². The van der Waals surface area contributed by atoms with Crippen LogP contribution in [0.2, 0.25) is 0 Å². The molecule has 2 aromatic rings. The van der Waals surface area contributed by atoms with Crippen molar-refractivity contribution in [2.75, 3.05) is 5.73 Å². The van der Waals surface area contributed by atoms with E-state index < -0.39 is 0 Å². The summed E-state index contributed by atoms with van der Waals surface area (Å²) in [5.41, 5.74) is 10.6. The first-order valence-corrected chi connectivity index (χ1v) is 6.25. The SMILES string of the molecule is C=CC(C)c1cc(Cc2ccccc2)ccc1N. The molecule has 2 rings (SSSR count). The second-order valence-electron chi connectivity index (χ2n) is 4.65. The van der Waals surface area contributed by atoms with Gasteiger partial charge in [-0.2, -0.15) is 0 Å². The van der Waals surface area contributed by atoms with Crippen LogP contribution in [0.4, 0.5) is 5.69 Å². The molecule has 0 aliphatic heterocycles. The lowest BCUT2D eigenvalue weighted by atomic mass is 9.95. The highest BCUT2D eigenvalue weighted by Crippen LogP contribution is 2.25. The van der Waals surface area contributed by atoms with Crippen LogP contribution in [-0.4, -0.2) is 0 Å². The Kier molecular flexibility index (Phi) is 3.83. The van der Waals surface area contributed by atoms with E-state index in [9.17, 15) is 0 Å². The maximum atomic E-state index is 6.01. The van der Waals surface area contributed by atoms with Gasteiger partial charge in [0.25, 0.3) is 0 Å². The zero-order valence-corrected chi connectivity index (χ0v) is 10.8. The minimum Gasteiger partial charge on any atom is -0.398 e. The van der Waals surface area contributed by atoms with Crippen molar-refractivity contribution < 1.29 is 0 Å². The summed E-state index contributed by atoms with van der Waals surface area (Å²) in [5, 5.41) is 0. The van der Waals surface area contributed by atoms with Crippen molar-refractivity contribution in [2.24, 2.45) is 0 Å². The highest BCUT2D eigenvalue weighted by atomic mass is 14.6. The summed E-state index contributed by atoms with van der Waals surface area (Å²) in [6.07, 6.45) is 2.87. The minimum absolute atomic E-state index is 0.292. The van der Waals surface area contributed by atoms with E-state index in [1.54, 1.807) is 0 Å². The Bertz CT molecular complexity index is 529. The van der Waals surface area contributed by atoms with Gasteiger partial charge in [-0.15, -0.1) is 6.58 Å². The lowest BCUT2D eigenvalue weighted by molar-refractivity contribution is 0.968. The van der Waals surface area contributed by atoms with Gasteiger partial charge in [0.1, 0.15) is 0 Å². The molecule has 1 nitrogen and oxygen atoms in total. The minimum atomic E-state index is 0.292. The third-order valence-electron chi connectivity index (χ3n) is 3.25. The Morgan fingerprint density at radius 2 is 1.83 bits per heavy atom. The number of nitrogen functional groups attached to an aromatic ring is 1. The summed E-state index contributed by atoms with van der Waals surface area (Å²) in [4.78, 5) is 0. The first kappa shape index (κ1) is 12.4. The van der Waals surface area contributed by atoms with Crippen molar-refractivity contribution in [1.82, 2.24) is 0 Å². The van der Waals surface area contributed by atoms with Crippen molar-refractivity contribution in [2.45, 2.75) is 19.3 Å². The topological polar surface area (TPSA) is 26.0 Å². The largest absolute Gasteiger partial charge is 0.398 e. The molecule has 0 saturated carbocycles. The lowest BCUT2D eigenvalue weighted by Crippen LogP contribution is -1.99. The van der Waals surface area contributed by atoms with Gasteiger partial charge in [-0.25, -0.2) is 0 Å². The molecule has 0 aliphatic carbocycles. The van der Waals surface area contributed by atoms with Gasteiger partial charge in [0.15, 0.2) is 0 Å². The highest BCUT2D eigenvalue weighted by Gasteiger charge is 2.07. The zero-order chi connectivity index (χ0) is 13.0. The number of hydrogen-bond acceptors (Lipinski definition) is 1. The van der Waals surface area contributed by atoms with Crippen LogP contribution in [0, 0.1) is 0 Å². The second-order valence-corrected chi connectivity index (χ2v) is 4.65. The summed E-state index contributed by atoms with van der Waals surface area (Å²) < 4.78 is 0. The van der Waals surface area contributed by atoms with E-state index in [-0.39, 0.29) is 0 Å². The molecule has 2 N–H and O–H groups in total. The normalized spacial score (nSPS) is 12.1. The molecule has 0 bridgehead atoms. The van der Waals surface area contributed by atoms with Crippen LogP contribution in [0.5, 0.6) is 0 Å². The molecule has 18 heavy (non-hydrogen) atoms. The van der Waals surface area contributed by atoms with Crippen LogP contribution in [0.15, 0.2) is 61.2 Å². The van der Waals surface area contributed by atoms with Gasteiger partial charge >= 0.3 is 0 Å². The Balaban J connectivity index is 2.27. The Labute approximate surface area is 109 Å². The maximum Gasteiger partial charge on any atom is 0.0352 e. The third kappa shape index (κ3) is 2.80. The molecule has 0 aliphatic rings. The molecule has 92 valence electrons. The summed E-state index contributed by atoms with van der Waals surface area (Å²) >= 11 is 0. The molecule has 1 unspecified atom stereocenters. The van der Waals surface area contributed by atoms with Crippen LogP contribution in [0.3, 0.4) is 0 Å². The number of benzene rings is 2. The highest BCUT2D eigenvalue weighted by molar-refractivity contribution is 5.52. The third-order valence-corrected chi connectivity index (χ3v) is 3.25. The molecule has 2 aromatic carbocycles. The van der Waals surface area contributed by atoms with Crippen LogP contribution in [-0.2, 0) is 6.42 Å². The Morgan fingerprint density at radius 1 is 1.11 bits per heavy atom. The van der Waals surface area contributed by atoms with Crippen LogP contribution >= 0.6 is 0 Å². The van der Waals surface area contributed by atoms with Crippen LogP contribution in [0.1, 0.15) is 29.5 Å². The van der Waals surface area contributed by atoms with Gasteiger partial charge in [0, 0.05) is 11.6 Å². The van der Waals surface area contributed by atoms with E-state index in [0.717, 1.165) is 12.1 Å². The quantitative estimate of drug-likeness (QED) is 0.627. The lowest BCUT2D eigenvalue weighted by Gasteiger charge is -2.12.